The van der Waals surface area contributed by atoms with Gasteiger partial charge in [-0.2, -0.15) is 0 Å². The fourth-order valence-electron chi connectivity index (χ4n) is 1.17. The highest BCUT2D eigenvalue weighted by atomic mass is 33.2. The average molecular weight is 363 g/mol. The molecule has 0 aromatic carbocycles. The third-order valence-electron chi connectivity index (χ3n) is 2.04. The average Bonchev–Trinajstić information content (AvgIpc) is 2.45. The SMILES string of the molecule is CCOCCOP(=S)(SCCOCC)SCCOCC. The van der Waals surface area contributed by atoms with Crippen molar-refractivity contribution in [1.29, 1.82) is 0 Å². The Morgan fingerprint density at radius 3 is 1.65 bits per heavy atom. The lowest BCUT2D eigenvalue weighted by Crippen LogP contribution is -2.03. The van der Waals surface area contributed by atoms with E-state index in [0.29, 0.717) is 19.8 Å². The van der Waals surface area contributed by atoms with Gasteiger partial charge < -0.3 is 18.7 Å². The van der Waals surface area contributed by atoms with Gasteiger partial charge in [0.2, 0.25) is 0 Å². The van der Waals surface area contributed by atoms with Gasteiger partial charge >= 0.3 is 0 Å². The van der Waals surface area contributed by atoms with Crippen molar-refractivity contribution >= 4 is 39.2 Å². The highest BCUT2D eigenvalue weighted by Gasteiger charge is 2.19. The highest BCUT2D eigenvalue weighted by molar-refractivity contribution is 8.99. The van der Waals surface area contributed by atoms with Crippen LogP contribution in [0.15, 0.2) is 0 Å². The van der Waals surface area contributed by atoms with E-state index in [1.165, 1.54) is 0 Å². The maximum atomic E-state index is 5.91. The fraction of sp³-hybridized carbons (Fsp3) is 1.00. The molecule has 0 spiro atoms. The zero-order valence-electron chi connectivity index (χ0n) is 12.7. The Bertz CT molecular complexity index is 219. The largest absolute Gasteiger partial charge is 0.381 e. The normalized spacial score (nSPS) is 11.9. The molecule has 0 aliphatic carbocycles. The van der Waals surface area contributed by atoms with Crippen molar-refractivity contribution < 1.29 is 18.7 Å². The Balaban J connectivity index is 4.02. The predicted octanol–water partition coefficient (Wildman–Crippen LogP) is 3.80. The molecule has 0 atom stereocenters. The first-order valence-corrected chi connectivity index (χ1v) is 12.9. The van der Waals surface area contributed by atoms with Crippen LogP contribution in [0.4, 0.5) is 0 Å². The van der Waals surface area contributed by atoms with E-state index in [2.05, 4.69) is 0 Å². The van der Waals surface area contributed by atoms with Crippen molar-refractivity contribution in [3.05, 3.63) is 0 Å². The van der Waals surface area contributed by atoms with Gasteiger partial charge in [0.25, 0.3) is 0 Å². The molecule has 0 radical (unpaired) electrons. The van der Waals surface area contributed by atoms with E-state index < -0.39 is 4.67 Å². The molecule has 0 unspecified atom stereocenters. The first-order chi connectivity index (χ1) is 9.68. The zero-order valence-corrected chi connectivity index (χ0v) is 16.0. The molecule has 0 amide bonds. The molecule has 0 rings (SSSR count). The van der Waals surface area contributed by atoms with Gasteiger partial charge in [-0.05, 0) is 32.6 Å². The summed E-state index contributed by atoms with van der Waals surface area (Å²) in [5.74, 6) is 1.75. The maximum Gasteiger partial charge on any atom is 0.174 e. The van der Waals surface area contributed by atoms with E-state index in [-0.39, 0.29) is 0 Å². The van der Waals surface area contributed by atoms with Crippen molar-refractivity contribution in [1.82, 2.24) is 0 Å². The van der Waals surface area contributed by atoms with Crippen molar-refractivity contribution in [2.24, 2.45) is 0 Å². The molecule has 20 heavy (non-hydrogen) atoms. The third kappa shape index (κ3) is 12.9. The fourth-order valence-corrected chi connectivity index (χ4v) is 9.01. The van der Waals surface area contributed by atoms with Crippen LogP contribution in [0.25, 0.3) is 0 Å². The van der Waals surface area contributed by atoms with Crippen molar-refractivity contribution in [2.75, 3.05) is 57.8 Å². The standard InChI is InChI=1S/C12H27O4PS3/c1-4-13-7-8-16-17(18,19-11-9-14-5-2)20-12-10-15-6-3/h4-12H2,1-3H3. The molecule has 0 saturated carbocycles. The Labute approximate surface area is 136 Å². The lowest BCUT2D eigenvalue weighted by Gasteiger charge is -2.21. The Morgan fingerprint density at radius 1 is 0.750 bits per heavy atom. The highest BCUT2D eigenvalue weighted by Crippen LogP contribution is 2.69. The van der Waals surface area contributed by atoms with E-state index in [1.807, 2.05) is 20.8 Å². The molecule has 0 fully saturated rings. The van der Waals surface area contributed by atoms with Crippen molar-refractivity contribution in [2.45, 2.75) is 20.8 Å². The molecule has 8 heteroatoms. The molecule has 0 heterocycles. The monoisotopic (exact) mass is 362 g/mol. The van der Waals surface area contributed by atoms with E-state index in [9.17, 15) is 0 Å². The van der Waals surface area contributed by atoms with Gasteiger partial charge in [-0.25, -0.2) is 0 Å². The summed E-state index contributed by atoms with van der Waals surface area (Å²) in [7, 11) is 0. The second kappa shape index (κ2) is 15.1. The third-order valence-corrected chi connectivity index (χ3v) is 11.6. The Kier molecular flexibility index (Phi) is 16.0. The van der Waals surface area contributed by atoms with Gasteiger partial charge in [0.1, 0.15) is 0 Å². The predicted molar refractivity (Wildman–Crippen MR) is 94.6 cm³/mol. The van der Waals surface area contributed by atoms with Crippen LogP contribution >= 0.6 is 27.4 Å². The van der Waals surface area contributed by atoms with Gasteiger partial charge in [0.05, 0.1) is 26.4 Å². The minimum atomic E-state index is -1.91. The summed E-state index contributed by atoms with van der Waals surface area (Å²) < 4.78 is 20.0. The van der Waals surface area contributed by atoms with E-state index in [1.54, 1.807) is 22.8 Å². The quantitative estimate of drug-likeness (QED) is 0.324. The summed E-state index contributed by atoms with van der Waals surface area (Å²) in [5, 5.41) is 0. The summed E-state index contributed by atoms with van der Waals surface area (Å²) in [6, 6.07) is 0. The molecule has 122 valence electrons. The van der Waals surface area contributed by atoms with Gasteiger partial charge in [0.15, 0.2) is 4.67 Å². The lowest BCUT2D eigenvalue weighted by molar-refractivity contribution is 0.116. The molecular formula is C12H27O4PS3. The topological polar surface area (TPSA) is 36.9 Å². The molecule has 0 aliphatic rings. The minimum absolute atomic E-state index is 0.564. The molecule has 0 saturated heterocycles. The lowest BCUT2D eigenvalue weighted by atomic mass is 10.8. The second-order valence-corrected chi connectivity index (χ2v) is 14.3. The number of rotatable bonds is 15. The van der Waals surface area contributed by atoms with Gasteiger partial charge in [-0.3, -0.25) is 0 Å². The molecule has 0 bridgehead atoms. The first-order valence-electron chi connectivity index (χ1n) is 6.95. The summed E-state index contributed by atoms with van der Waals surface area (Å²) in [5.41, 5.74) is 0. The number of hydrogen-bond acceptors (Lipinski definition) is 7. The van der Waals surface area contributed by atoms with Crippen LogP contribution in [0.3, 0.4) is 0 Å². The molecule has 0 N–H and O–H groups in total. The van der Waals surface area contributed by atoms with Gasteiger partial charge in [-0.15, -0.1) is 0 Å². The Hall–Kier alpha value is 1.19. The van der Waals surface area contributed by atoms with Crippen LogP contribution in [0.1, 0.15) is 20.8 Å². The van der Waals surface area contributed by atoms with Crippen LogP contribution in [-0.4, -0.2) is 57.8 Å². The van der Waals surface area contributed by atoms with E-state index in [4.69, 9.17) is 30.5 Å². The van der Waals surface area contributed by atoms with E-state index in [0.717, 1.165) is 37.9 Å². The second-order valence-electron chi connectivity index (χ2n) is 3.54. The summed E-state index contributed by atoms with van der Waals surface area (Å²) in [4.78, 5) is 0. The van der Waals surface area contributed by atoms with Crippen LogP contribution < -0.4 is 0 Å². The number of ether oxygens (including phenoxy) is 3. The van der Waals surface area contributed by atoms with E-state index >= 15 is 0 Å². The molecule has 0 aliphatic heterocycles. The van der Waals surface area contributed by atoms with Crippen molar-refractivity contribution in [3.8, 4) is 0 Å². The summed E-state index contributed by atoms with van der Waals surface area (Å²) >= 11 is 9.12. The van der Waals surface area contributed by atoms with Crippen LogP contribution in [0, 0.1) is 0 Å². The number of hydrogen-bond donors (Lipinski definition) is 0. The molecule has 0 aromatic heterocycles. The Morgan fingerprint density at radius 2 is 1.20 bits per heavy atom. The molecule has 0 aromatic rings. The maximum absolute atomic E-state index is 5.91. The zero-order chi connectivity index (χ0) is 15.1. The smallest absolute Gasteiger partial charge is 0.174 e. The van der Waals surface area contributed by atoms with Crippen LogP contribution in [0.5, 0.6) is 0 Å². The van der Waals surface area contributed by atoms with Crippen LogP contribution in [0.2, 0.25) is 0 Å². The molecular weight excluding hydrogens is 335 g/mol. The molecule has 4 nitrogen and oxygen atoms in total. The minimum Gasteiger partial charge on any atom is -0.381 e. The first kappa shape index (κ1) is 21.2. The van der Waals surface area contributed by atoms with Crippen LogP contribution in [-0.2, 0) is 30.5 Å². The van der Waals surface area contributed by atoms with Crippen molar-refractivity contribution in [3.63, 3.8) is 0 Å². The van der Waals surface area contributed by atoms with Gasteiger partial charge in [0, 0.05) is 31.3 Å². The summed E-state index contributed by atoms with van der Waals surface area (Å²) in [6.07, 6.45) is 0. The van der Waals surface area contributed by atoms with Gasteiger partial charge in [-0.1, -0.05) is 22.8 Å². The summed E-state index contributed by atoms with van der Waals surface area (Å²) in [6.45, 7) is 10.8.